The van der Waals surface area contributed by atoms with Gasteiger partial charge in [0.25, 0.3) is 0 Å². The highest BCUT2D eigenvalue weighted by atomic mass is 35.5. The Morgan fingerprint density at radius 3 is 2.45 bits per heavy atom. The van der Waals surface area contributed by atoms with E-state index in [1.807, 2.05) is 7.05 Å². The molecule has 0 aliphatic carbocycles. The minimum Gasteiger partial charge on any atom is -0.372 e. The fraction of sp³-hybridized carbons (Fsp3) is 0.643. The van der Waals surface area contributed by atoms with Gasteiger partial charge in [-0.2, -0.15) is 0 Å². The molecule has 1 saturated heterocycles. The summed E-state index contributed by atoms with van der Waals surface area (Å²) in [6, 6.07) is 2.40. The molecule has 1 aromatic rings. The van der Waals surface area contributed by atoms with Crippen LogP contribution in [0.2, 0.25) is 10.0 Å². The standard InChI is InChI=1S/C14H22Cl2N4/c1-4-10(2)19-5-7-20(8-6-19)14-12(16)9-11(15)13(17-3)18-14/h9-10H,4-8H2,1-3H3,(H,17,18). The number of nitrogens with one attached hydrogen (secondary N) is 1. The van der Waals surface area contributed by atoms with Crippen molar-refractivity contribution in [1.29, 1.82) is 0 Å². The van der Waals surface area contributed by atoms with Gasteiger partial charge in [0.05, 0.1) is 10.0 Å². The second-order valence-electron chi connectivity index (χ2n) is 5.15. The van der Waals surface area contributed by atoms with Crippen LogP contribution in [0.15, 0.2) is 6.07 Å². The van der Waals surface area contributed by atoms with E-state index in [1.54, 1.807) is 6.07 Å². The van der Waals surface area contributed by atoms with Crippen molar-refractivity contribution in [2.45, 2.75) is 26.3 Å². The van der Waals surface area contributed by atoms with Crippen LogP contribution in [0.3, 0.4) is 0 Å². The summed E-state index contributed by atoms with van der Waals surface area (Å²) in [7, 11) is 1.81. The predicted octanol–water partition coefficient (Wildman–Crippen LogP) is 3.35. The van der Waals surface area contributed by atoms with Crippen LogP contribution in [0, 0.1) is 0 Å². The summed E-state index contributed by atoms with van der Waals surface area (Å²) in [6.45, 7) is 8.49. The largest absolute Gasteiger partial charge is 0.372 e. The van der Waals surface area contributed by atoms with Gasteiger partial charge in [-0.15, -0.1) is 0 Å². The topological polar surface area (TPSA) is 31.4 Å². The lowest BCUT2D eigenvalue weighted by Crippen LogP contribution is -2.49. The van der Waals surface area contributed by atoms with Crippen molar-refractivity contribution in [2.75, 3.05) is 43.4 Å². The lowest BCUT2D eigenvalue weighted by Gasteiger charge is -2.38. The Labute approximate surface area is 131 Å². The maximum atomic E-state index is 6.29. The highest BCUT2D eigenvalue weighted by molar-refractivity contribution is 6.37. The maximum Gasteiger partial charge on any atom is 0.150 e. The van der Waals surface area contributed by atoms with E-state index < -0.39 is 0 Å². The molecule has 1 fully saturated rings. The van der Waals surface area contributed by atoms with Gasteiger partial charge in [0, 0.05) is 39.3 Å². The van der Waals surface area contributed by atoms with E-state index in [0.717, 1.165) is 32.0 Å². The molecule has 0 radical (unpaired) electrons. The van der Waals surface area contributed by atoms with Crippen LogP contribution < -0.4 is 10.2 Å². The van der Waals surface area contributed by atoms with Crippen molar-refractivity contribution in [3.05, 3.63) is 16.1 Å². The summed E-state index contributed by atoms with van der Waals surface area (Å²) in [5.74, 6) is 1.50. The SMILES string of the molecule is CCC(C)N1CCN(c2nc(NC)c(Cl)cc2Cl)CC1. The molecule has 0 saturated carbocycles. The summed E-state index contributed by atoms with van der Waals surface area (Å²) >= 11 is 12.4. The van der Waals surface area contributed by atoms with Crippen molar-refractivity contribution in [1.82, 2.24) is 9.88 Å². The Hall–Kier alpha value is -0.710. The highest BCUT2D eigenvalue weighted by Gasteiger charge is 2.23. The first-order valence-electron chi connectivity index (χ1n) is 7.09. The van der Waals surface area contributed by atoms with E-state index in [-0.39, 0.29) is 0 Å². The summed E-state index contributed by atoms with van der Waals surface area (Å²) in [6.07, 6.45) is 1.18. The van der Waals surface area contributed by atoms with Crippen LogP contribution >= 0.6 is 23.2 Å². The number of rotatable bonds is 4. The molecule has 6 heteroatoms. The van der Waals surface area contributed by atoms with Gasteiger partial charge < -0.3 is 10.2 Å². The third kappa shape index (κ3) is 3.30. The van der Waals surface area contributed by atoms with Crippen LogP contribution in [0.1, 0.15) is 20.3 Å². The molecule has 1 N–H and O–H groups in total. The molecule has 2 rings (SSSR count). The van der Waals surface area contributed by atoms with E-state index in [1.165, 1.54) is 6.42 Å². The smallest absolute Gasteiger partial charge is 0.150 e. The van der Waals surface area contributed by atoms with Crippen molar-refractivity contribution in [3.8, 4) is 0 Å². The van der Waals surface area contributed by atoms with E-state index in [2.05, 4.69) is 33.9 Å². The van der Waals surface area contributed by atoms with Crippen LogP contribution in [0.4, 0.5) is 11.6 Å². The fourth-order valence-electron chi connectivity index (χ4n) is 2.49. The first-order chi connectivity index (χ1) is 9.56. The maximum absolute atomic E-state index is 6.29. The summed E-state index contributed by atoms with van der Waals surface area (Å²) in [5, 5.41) is 4.17. The first kappa shape index (κ1) is 15.7. The number of anilines is 2. The normalized spacial score (nSPS) is 18.1. The second-order valence-corrected chi connectivity index (χ2v) is 5.97. The molecule has 1 aliphatic rings. The highest BCUT2D eigenvalue weighted by Crippen LogP contribution is 2.31. The van der Waals surface area contributed by atoms with Crippen LogP contribution in [0.25, 0.3) is 0 Å². The first-order valence-corrected chi connectivity index (χ1v) is 7.85. The average Bonchev–Trinajstić information content (AvgIpc) is 2.47. The number of piperazine rings is 1. The molecule has 1 aliphatic heterocycles. The number of hydrogen-bond acceptors (Lipinski definition) is 4. The molecule has 2 heterocycles. The number of pyridine rings is 1. The summed E-state index contributed by atoms with van der Waals surface area (Å²) < 4.78 is 0. The van der Waals surface area contributed by atoms with Gasteiger partial charge in [0.15, 0.2) is 0 Å². The van der Waals surface area contributed by atoms with Gasteiger partial charge in [-0.25, -0.2) is 4.98 Å². The van der Waals surface area contributed by atoms with Gasteiger partial charge >= 0.3 is 0 Å². The molecule has 1 aromatic heterocycles. The Morgan fingerprint density at radius 2 is 1.90 bits per heavy atom. The van der Waals surface area contributed by atoms with Crippen LogP contribution in [-0.2, 0) is 0 Å². The molecule has 0 spiro atoms. The molecule has 4 nitrogen and oxygen atoms in total. The van der Waals surface area contributed by atoms with Gasteiger partial charge in [-0.3, -0.25) is 4.90 Å². The van der Waals surface area contributed by atoms with Gasteiger partial charge in [0.2, 0.25) is 0 Å². The molecule has 1 unspecified atom stereocenters. The van der Waals surface area contributed by atoms with Gasteiger partial charge in [0.1, 0.15) is 11.6 Å². The molecule has 1 atom stereocenters. The molecule has 0 aromatic carbocycles. The van der Waals surface area contributed by atoms with Gasteiger partial charge in [-0.05, 0) is 19.4 Å². The van der Waals surface area contributed by atoms with Crippen LogP contribution in [-0.4, -0.2) is 49.2 Å². The average molecular weight is 317 g/mol. The molecular weight excluding hydrogens is 295 g/mol. The third-order valence-electron chi connectivity index (χ3n) is 3.98. The van der Waals surface area contributed by atoms with Crippen molar-refractivity contribution in [2.24, 2.45) is 0 Å². The molecule has 0 amide bonds. The Bertz CT molecular complexity index is 459. The molecular formula is C14H22Cl2N4. The number of aromatic nitrogens is 1. The zero-order valence-electron chi connectivity index (χ0n) is 12.3. The number of nitrogens with zero attached hydrogens (tertiary/aromatic N) is 3. The lowest BCUT2D eigenvalue weighted by molar-refractivity contribution is 0.192. The lowest BCUT2D eigenvalue weighted by atomic mass is 10.2. The van der Waals surface area contributed by atoms with E-state index in [4.69, 9.17) is 23.2 Å². The van der Waals surface area contributed by atoms with E-state index in [9.17, 15) is 0 Å². The summed E-state index contributed by atoms with van der Waals surface area (Å²) in [5.41, 5.74) is 0. The fourth-order valence-corrected chi connectivity index (χ4v) is 3.06. The zero-order chi connectivity index (χ0) is 14.7. The van der Waals surface area contributed by atoms with Crippen molar-refractivity contribution >= 4 is 34.8 Å². The Kier molecular flexibility index (Phi) is 5.35. The molecule has 20 heavy (non-hydrogen) atoms. The molecule has 0 bridgehead atoms. The predicted molar refractivity (Wildman–Crippen MR) is 87.3 cm³/mol. The van der Waals surface area contributed by atoms with Crippen LogP contribution in [0.5, 0.6) is 0 Å². The monoisotopic (exact) mass is 316 g/mol. The Morgan fingerprint density at radius 1 is 1.25 bits per heavy atom. The number of halogens is 2. The Balaban J connectivity index is 2.10. The third-order valence-corrected chi connectivity index (χ3v) is 4.54. The second kappa shape index (κ2) is 6.83. The zero-order valence-corrected chi connectivity index (χ0v) is 13.8. The quantitative estimate of drug-likeness (QED) is 0.923. The van der Waals surface area contributed by atoms with E-state index in [0.29, 0.717) is 21.9 Å². The van der Waals surface area contributed by atoms with Gasteiger partial charge in [-0.1, -0.05) is 30.1 Å². The minimum atomic E-state index is 0.555. The van der Waals surface area contributed by atoms with E-state index >= 15 is 0 Å². The summed E-state index contributed by atoms with van der Waals surface area (Å²) in [4.78, 5) is 9.28. The van der Waals surface area contributed by atoms with Crippen molar-refractivity contribution < 1.29 is 0 Å². The van der Waals surface area contributed by atoms with Crippen molar-refractivity contribution in [3.63, 3.8) is 0 Å². The number of hydrogen-bond donors (Lipinski definition) is 1. The minimum absolute atomic E-state index is 0.555. The molecule has 112 valence electrons.